The Morgan fingerprint density at radius 3 is 1.10 bits per heavy atom. The molecular formula is C69H133NO11S. The Hall–Kier alpha value is -1.42. The van der Waals surface area contributed by atoms with E-state index in [0.717, 1.165) is 38.5 Å². The summed E-state index contributed by atoms with van der Waals surface area (Å²) in [5.41, 5.74) is 0. The number of amides is 1. The monoisotopic (exact) mass is 1180 g/mol. The first kappa shape index (κ1) is 78.6. The van der Waals surface area contributed by atoms with E-state index in [1.54, 1.807) is 6.08 Å². The van der Waals surface area contributed by atoms with Crippen molar-refractivity contribution < 1.29 is 51.8 Å². The van der Waals surface area contributed by atoms with Gasteiger partial charge in [-0.05, 0) is 44.9 Å². The summed E-state index contributed by atoms with van der Waals surface area (Å²) in [5, 5.41) is 45.2. The van der Waals surface area contributed by atoms with Gasteiger partial charge in [-0.25, -0.2) is 4.18 Å². The van der Waals surface area contributed by atoms with Crippen molar-refractivity contribution in [3.63, 3.8) is 0 Å². The highest BCUT2D eigenvalue weighted by Gasteiger charge is 2.48. The third kappa shape index (κ3) is 49.7. The standard InChI is InChI=1S/C69H133NO11S/c1-3-5-7-9-11-13-15-17-19-21-23-25-27-28-29-30-31-32-33-34-35-37-39-41-43-45-47-49-51-53-55-57-59-65(73)70-62(61-79-69-67(75)68(81-82(76,77)78)66(74)64(60-71)80-69)63(72)58-56-54-52-50-48-46-44-42-40-38-36-26-24-22-20-18-16-14-12-10-8-6-4-2/h28-29,56,58,62-64,66-69,71-72,74-75H,3-27,30-55,57,59-61H2,1-2H3,(H,70,73)(H,76,77,78)/b29-28-,58-56+. The summed E-state index contributed by atoms with van der Waals surface area (Å²) in [6.45, 7) is 3.46. The van der Waals surface area contributed by atoms with Gasteiger partial charge < -0.3 is 35.2 Å². The van der Waals surface area contributed by atoms with Crippen molar-refractivity contribution in [3.8, 4) is 0 Å². The molecule has 1 amide bonds. The molecule has 0 aromatic rings. The highest BCUT2D eigenvalue weighted by Crippen LogP contribution is 2.26. The van der Waals surface area contributed by atoms with Gasteiger partial charge in [0, 0.05) is 6.42 Å². The smallest absolute Gasteiger partial charge is 0.394 e. The molecular weight excluding hydrogens is 1050 g/mol. The van der Waals surface area contributed by atoms with Gasteiger partial charge in [0.05, 0.1) is 25.4 Å². The highest BCUT2D eigenvalue weighted by atomic mass is 32.3. The maximum absolute atomic E-state index is 13.2. The van der Waals surface area contributed by atoms with Crippen LogP contribution >= 0.6 is 0 Å². The van der Waals surface area contributed by atoms with Gasteiger partial charge in [-0.15, -0.1) is 0 Å². The molecule has 1 aliphatic rings. The van der Waals surface area contributed by atoms with Crippen LogP contribution in [0.3, 0.4) is 0 Å². The molecule has 0 aliphatic carbocycles. The molecule has 13 heteroatoms. The Kier molecular flexibility index (Phi) is 56.2. The lowest BCUT2D eigenvalue weighted by Crippen LogP contribution is -2.61. The van der Waals surface area contributed by atoms with Crippen molar-refractivity contribution in [1.82, 2.24) is 5.32 Å². The minimum Gasteiger partial charge on any atom is -0.394 e. The molecule has 486 valence electrons. The number of allylic oxidation sites excluding steroid dienone is 3. The van der Waals surface area contributed by atoms with Gasteiger partial charge in [0.2, 0.25) is 5.91 Å². The van der Waals surface area contributed by atoms with Crippen molar-refractivity contribution in [1.29, 1.82) is 0 Å². The number of hydrogen-bond donors (Lipinski definition) is 6. The molecule has 7 atom stereocenters. The van der Waals surface area contributed by atoms with Gasteiger partial charge in [0.25, 0.3) is 0 Å². The molecule has 1 fully saturated rings. The lowest BCUT2D eigenvalue weighted by Gasteiger charge is -2.41. The lowest BCUT2D eigenvalue weighted by atomic mass is 9.99. The molecule has 82 heavy (non-hydrogen) atoms. The molecule has 6 N–H and O–H groups in total. The van der Waals surface area contributed by atoms with E-state index >= 15 is 0 Å². The SMILES string of the molecule is CCCCCCCCCCCCCC/C=C\CCCCCCCCCCCCCCCCCCC(=O)NC(COC1OC(CO)C(O)C(OS(=O)(=O)O)C1O)C(O)/C=C/CCCCCCCCCCCCCCCCCCCCCCC. The normalized spacial score (nSPS) is 18.5. The number of carbonyl (C=O) groups excluding carboxylic acids is 1. The second-order valence-corrected chi connectivity index (χ2v) is 25.9. The highest BCUT2D eigenvalue weighted by molar-refractivity contribution is 7.80. The largest absolute Gasteiger partial charge is 0.397 e. The molecule has 1 saturated heterocycles. The van der Waals surface area contributed by atoms with Crippen LogP contribution in [0.25, 0.3) is 0 Å². The van der Waals surface area contributed by atoms with E-state index in [-0.39, 0.29) is 18.9 Å². The van der Waals surface area contributed by atoms with Crippen LogP contribution in [0.4, 0.5) is 0 Å². The fourth-order valence-electron chi connectivity index (χ4n) is 11.6. The van der Waals surface area contributed by atoms with E-state index in [1.165, 1.54) is 289 Å². The number of aliphatic hydroxyl groups excluding tert-OH is 4. The zero-order valence-corrected chi connectivity index (χ0v) is 54.2. The van der Waals surface area contributed by atoms with E-state index in [9.17, 15) is 38.2 Å². The molecule has 0 spiro atoms. The number of ether oxygens (including phenoxy) is 2. The zero-order chi connectivity index (χ0) is 59.7. The lowest BCUT2D eigenvalue weighted by molar-refractivity contribution is -0.298. The fraction of sp³-hybridized carbons (Fsp3) is 0.928. The van der Waals surface area contributed by atoms with Crippen LogP contribution in [0.15, 0.2) is 24.3 Å². The number of aliphatic hydroxyl groups is 4. The van der Waals surface area contributed by atoms with Crippen LogP contribution in [0.5, 0.6) is 0 Å². The predicted octanol–water partition coefficient (Wildman–Crippen LogP) is 18.3. The third-order valence-corrected chi connectivity index (χ3v) is 17.4. The Labute approximate surface area is 505 Å². The van der Waals surface area contributed by atoms with E-state index in [1.807, 2.05) is 6.08 Å². The average molecular weight is 1180 g/mol. The van der Waals surface area contributed by atoms with Crippen molar-refractivity contribution >= 4 is 16.3 Å². The van der Waals surface area contributed by atoms with Gasteiger partial charge in [-0.2, -0.15) is 8.42 Å². The van der Waals surface area contributed by atoms with E-state index in [2.05, 4.69) is 35.5 Å². The van der Waals surface area contributed by atoms with Crippen molar-refractivity contribution in [2.24, 2.45) is 0 Å². The predicted molar refractivity (Wildman–Crippen MR) is 342 cm³/mol. The molecule has 7 unspecified atom stereocenters. The summed E-state index contributed by atoms with van der Waals surface area (Å²) >= 11 is 0. The van der Waals surface area contributed by atoms with Crippen molar-refractivity contribution in [3.05, 3.63) is 24.3 Å². The first-order valence-electron chi connectivity index (χ1n) is 35.2. The molecule has 0 aromatic heterocycles. The second kappa shape index (κ2) is 58.6. The van der Waals surface area contributed by atoms with Crippen molar-refractivity contribution in [2.75, 3.05) is 13.2 Å². The molecule has 0 aromatic carbocycles. The van der Waals surface area contributed by atoms with Crippen LogP contribution in [-0.4, -0.2) is 95.4 Å². The Morgan fingerprint density at radius 2 is 0.780 bits per heavy atom. The fourth-order valence-corrected chi connectivity index (χ4v) is 12.1. The molecule has 1 rings (SSSR count). The Balaban J connectivity index is 2.24. The quantitative estimate of drug-likeness (QED) is 0.0193. The topological polar surface area (TPSA) is 192 Å². The maximum atomic E-state index is 13.2. The van der Waals surface area contributed by atoms with E-state index in [0.29, 0.717) is 6.42 Å². The minimum atomic E-state index is -5.09. The number of rotatable bonds is 63. The number of hydrogen-bond acceptors (Lipinski definition) is 10. The van der Waals surface area contributed by atoms with Crippen molar-refractivity contribution in [2.45, 2.75) is 397 Å². The summed E-state index contributed by atoms with van der Waals surface area (Å²) in [5.74, 6) is -0.255. The second-order valence-electron chi connectivity index (χ2n) is 24.8. The molecule has 0 radical (unpaired) electrons. The Bertz CT molecular complexity index is 1530. The first-order chi connectivity index (χ1) is 40.0. The van der Waals surface area contributed by atoms with Gasteiger partial charge in [-0.3, -0.25) is 9.35 Å². The van der Waals surface area contributed by atoms with Crippen LogP contribution < -0.4 is 5.32 Å². The van der Waals surface area contributed by atoms with Crippen LogP contribution in [-0.2, 0) is 28.9 Å². The molecule has 1 heterocycles. The number of nitrogens with one attached hydrogen (secondary N) is 1. The molecule has 1 aliphatic heterocycles. The van der Waals surface area contributed by atoms with Gasteiger partial charge in [0.15, 0.2) is 6.29 Å². The maximum Gasteiger partial charge on any atom is 0.397 e. The average Bonchev–Trinajstić information content (AvgIpc) is 3.65. The van der Waals surface area contributed by atoms with Crippen LogP contribution in [0.1, 0.15) is 354 Å². The summed E-state index contributed by atoms with van der Waals surface area (Å²) in [6, 6.07) is -0.944. The van der Waals surface area contributed by atoms with Crippen LogP contribution in [0, 0.1) is 0 Å². The van der Waals surface area contributed by atoms with E-state index < -0.39 is 59.9 Å². The molecule has 12 nitrogen and oxygen atoms in total. The van der Waals surface area contributed by atoms with Gasteiger partial charge in [-0.1, -0.05) is 327 Å². The summed E-state index contributed by atoms with van der Waals surface area (Å²) < 4.78 is 48.0. The molecule has 0 bridgehead atoms. The zero-order valence-electron chi connectivity index (χ0n) is 53.3. The summed E-state index contributed by atoms with van der Waals surface area (Å²) in [6.07, 6.45) is 66.8. The minimum absolute atomic E-state index is 0.255. The van der Waals surface area contributed by atoms with E-state index in [4.69, 9.17) is 9.47 Å². The Morgan fingerprint density at radius 1 is 0.476 bits per heavy atom. The first-order valence-corrected chi connectivity index (χ1v) is 36.6. The molecule has 0 saturated carbocycles. The number of unbranched alkanes of at least 4 members (excludes halogenated alkanes) is 49. The summed E-state index contributed by atoms with van der Waals surface area (Å²) in [4.78, 5) is 13.2. The summed E-state index contributed by atoms with van der Waals surface area (Å²) in [7, 11) is -5.09. The van der Waals surface area contributed by atoms with Crippen LogP contribution in [0.2, 0.25) is 0 Å². The third-order valence-electron chi connectivity index (χ3n) is 17.0. The number of carbonyl (C=O) groups is 1. The van der Waals surface area contributed by atoms with Gasteiger partial charge >= 0.3 is 10.4 Å². The van der Waals surface area contributed by atoms with Gasteiger partial charge in [0.1, 0.15) is 24.4 Å².